The maximum absolute atomic E-state index is 12.7. The second-order valence-electron chi connectivity index (χ2n) is 7.08. The Balaban J connectivity index is 1.56. The van der Waals surface area contributed by atoms with Gasteiger partial charge in [0.1, 0.15) is 5.76 Å². The van der Waals surface area contributed by atoms with Crippen LogP contribution >= 0.6 is 11.3 Å². The summed E-state index contributed by atoms with van der Waals surface area (Å²) in [5.74, 6) is 1.78. The van der Waals surface area contributed by atoms with E-state index in [1.54, 1.807) is 17.6 Å². The number of carbonyl (C=O) groups excluding carboxylic acids is 1. The lowest BCUT2D eigenvalue weighted by atomic mass is 9.89. The van der Waals surface area contributed by atoms with Crippen molar-refractivity contribution in [2.75, 3.05) is 20.1 Å². The second-order valence-corrected chi connectivity index (χ2v) is 8.11. The normalized spacial score (nSPS) is 15.6. The number of hydrogen-bond donors (Lipinski definition) is 0. The molecule has 0 saturated heterocycles. The van der Waals surface area contributed by atoms with Crippen molar-refractivity contribution in [2.45, 2.75) is 45.2 Å². The molecule has 1 fully saturated rings. The summed E-state index contributed by atoms with van der Waals surface area (Å²) in [7, 11) is 1.95. The molecule has 0 atom stereocenters. The Hall–Kier alpha value is -1.59. The third kappa shape index (κ3) is 5.72. The molecule has 3 rings (SSSR count). The number of likely N-dealkylation sites (N-methyl/N-ethyl adjacent to an activating group) is 1. The molecule has 1 saturated carbocycles. The number of furan rings is 1. The van der Waals surface area contributed by atoms with E-state index in [0.29, 0.717) is 19.0 Å². The van der Waals surface area contributed by atoms with E-state index in [0.717, 1.165) is 18.8 Å². The Kier molecular flexibility index (Phi) is 6.70. The van der Waals surface area contributed by atoms with Gasteiger partial charge >= 0.3 is 0 Å². The van der Waals surface area contributed by atoms with Crippen LogP contribution in [0.2, 0.25) is 0 Å². The molecule has 1 amide bonds. The monoisotopic (exact) mass is 360 g/mol. The summed E-state index contributed by atoms with van der Waals surface area (Å²) < 4.78 is 5.48. The average Bonchev–Trinajstić information content (AvgIpc) is 3.29. The van der Waals surface area contributed by atoms with Crippen molar-refractivity contribution in [1.29, 1.82) is 0 Å². The zero-order chi connectivity index (χ0) is 17.5. The molecule has 1 aliphatic rings. The van der Waals surface area contributed by atoms with Crippen LogP contribution in [0.25, 0.3) is 0 Å². The molecule has 0 radical (unpaired) electrons. The Labute approximate surface area is 154 Å². The number of rotatable bonds is 8. The molecule has 2 aromatic rings. The molecule has 0 bridgehead atoms. The van der Waals surface area contributed by atoms with Gasteiger partial charge in [-0.25, -0.2) is 0 Å². The number of amides is 1. The lowest BCUT2D eigenvalue weighted by molar-refractivity contribution is -0.132. The van der Waals surface area contributed by atoms with Gasteiger partial charge in [-0.1, -0.05) is 25.3 Å². The van der Waals surface area contributed by atoms with Gasteiger partial charge in [0.25, 0.3) is 0 Å². The Morgan fingerprint density at radius 1 is 1.20 bits per heavy atom. The average molecular weight is 361 g/mol. The van der Waals surface area contributed by atoms with Crippen molar-refractivity contribution in [1.82, 2.24) is 9.80 Å². The van der Waals surface area contributed by atoms with Crippen LogP contribution in [0.15, 0.2) is 40.3 Å². The van der Waals surface area contributed by atoms with Crippen LogP contribution in [0.3, 0.4) is 0 Å². The van der Waals surface area contributed by atoms with Crippen LogP contribution < -0.4 is 0 Å². The molecule has 2 heterocycles. The Morgan fingerprint density at radius 2 is 2.04 bits per heavy atom. The summed E-state index contributed by atoms with van der Waals surface area (Å²) >= 11 is 1.73. The van der Waals surface area contributed by atoms with Crippen LogP contribution in [0, 0.1) is 5.92 Å². The molecular weight excluding hydrogens is 332 g/mol. The molecule has 0 aromatic carbocycles. The van der Waals surface area contributed by atoms with E-state index in [4.69, 9.17) is 4.42 Å². The highest BCUT2D eigenvalue weighted by Gasteiger charge is 2.21. The number of carbonyl (C=O) groups is 1. The fraction of sp³-hybridized carbons (Fsp3) is 0.550. The van der Waals surface area contributed by atoms with Crippen LogP contribution in [-0.4, -0.2) is 35.8 Å². The van der Waals surface area contributed by atoms with Gasteiger partial charge in [0.15, 0.2) is 0 Å². The zero-order valence-corrected chi connectivity index (χ0v) is 15.8. The first-order valence-corrected chi connectivity index (χ1v) is 10.1. The van der Waals surface area contributed by atoms with Gasteiger partial charge in [0, 0.05) is 25.0 Å². The highest BCUT2D eigenvalue weighted by Crippen LogP contribution is 2.24. The van der Waals surface area contributed by atoms with Crippen LogP contribution in [0.5, 0.6) is 0 Å². The molecule has 136 valence electrons. The van der Waals surface area contributed by atoms with E-state index in [1.807, 2.05) is 24.1 Å². The van der Waals surface area contributed by atoms with E-state index in [1.165, 1.54) is 37.0 Å². The minimum Gasteiger partial charge on any atom is -0.468 e. The van der Waals surface area contributed by atoms with E-state index >= 15 is 0 Å². The summed E-state index contributed by atoms with van der Waals surface area (Å²) in [6, 6.07) is 8.05. The van der Waals surface area contributed by atoms with Crippen LogP contribution in [0.4, 0.5) is 0 Å². The van der Waals surface area contributed by atoms with Gasteiger partial charge < -0.3 is 9.32 Å². The lowest BCUT2D eigenvalue weighted by Crippen LogP contribution is -2.40. The SMILES string of the molecule is CN(CC1CCCCC1)C(=O)CN(Cc1ccco1)Cc1cccs1. The summed E-state index contributed by atoms with van der Waals surface area (Å²) in [6.45, 7) is 2.77. The third-order valence-corrected chi connectivity index (χ3v) is 5.82. The summed E-state index contributed by atoms with van der Waals surface area (Å²) in [4.78, 5) is 18.1. The Morgan fingerprint density at radius 3 is 2.72 bits per heavy atom. The van der Waals surface area contributed by atoms with E-state index in [2.05, 4.69) is 22.4 Å². The molecule has 0 aliphatic heterocycles. The minimum atomic E-state index is 0.202. The van der Waals surface area contributed by atoms with Gasteiger partial charge in [-0.05, 0) is 42.3 Å². The summed E-state index contributed by atoms with van der Waals surface area (Å²) in [5, 5.41) is 2.08. The fourth-order valence-electron chi connectivity index (χ4n) is 3.58. The van der Waals surface area contributed by atoms with E-state index < -0.39 is 0 Å². The second kappa shape index (κ2) is 9.20. The van der Waals surface area contributed by atoms with Crippen molar-refractivity contribution >= 4 is 17.2 Å². The molecule has 0 unspecified atom stereocenters. The number of hydrogen-bond acceptors (Lipinski definition) is 4. The molecular formula is C20H28N2O2S. The molecule has 1 aliphatic carbocycles. The van der Waals surface area contributed by atoms with Gasteiger partial charge in [-0.3, -0.25) is 9.69 Å². The third-order valence-electron chi connectivity index (χ3n) is 4.96. The highest BCUT2D eigenvalue weighted by atomic mass is 32.1. The molecule has 2 aromatic heterocycles. The topological polar surface area (TPSA) is 36.7 Å². The van der Waals surface area contributed by atoms with Crippen molar-refractivity contribution in [2.24, 2.45) is 5.92 Å². The first-order valence-electron chi connectivity index (χ1n) is 9.22. The molecule has 0 spiro atoms. The Bertz CT molecular complexity index is 582. The summed E-state index contributed by atoms with van der Waals surface area (Å²) in [5.41, 5.74) is 0. The quantitative estimate of drug-likeness (QED) is 0.701. The maximum atomic E-state index is 12.7. The molecule has 5 heteroatoms. The number of nitrogens with zero attached hydrogens (tertiary/aromatic N) is 2. The van der Waals surface area contributed by atoms with E-state index in [9.17, 15) is 4.79 Å². The molecule has 4 nitrogen and oxygen atoms in total. The van der Waals surface area contributed by atoms with Crippen molar-refractivity contribution in [3.05, 3.63) is 46.5 Å². The maximum Gasteiger partial charge on any atom is 0.236 e. The molecule has 0 N–H and O–H groups in total. The van der Waals surface area contributed by atoms with E-state index in [-0.39, 0.29) is 5.91 Å². The van der Waals surface area contributed by atoms with Gasteiger partial charge in [0.05, 0.1) is 19.4 Å². The molecule has 25 heavy (non-hydrogen) atoms. The first kappa shape index (κ1) is 18.2. The van der Waals surface area contributed by atoms with Crippen LogP contribution in [0.1, 0.15) is 42.7 Å². The first-order chi connectivity index (χ1) is 12.2. The standard InChI is InChI=1S/C20H28N2O2S/c1-21(13-17-7-3-2-4-8-17)20(23)16-22(14-18-9-5-11-24-18)15-19-10-6-12-25-19/h5-6,9-12,17H,2-4,7-8,13-16H2,1H3. The predicted molar refractivity (Wildman–Crippen MR) is 101 cm³/mol. The number of thiophene rings is 1. The largest absolute Gasteiger partial charge is 0.468 e. The van der Waals surface area contributed by atoms with Gasteiger partial charge in [-0.2, -0.15) is 0 Å². The van der Waals surface area contributed by atoms with Gasteiger partial charge in [-0.15, -0.1) is 11.3 Å². The summed E-state index contributed by atoms with van der Waals surface area (Å²) in [6.07, 6.45) is 8.21. The highest BCUT2D eigenvalue weighted by molar-refractivity contribution is 7.09. The van der Waals surface area contributed by atoms with Crippen LogP contribution in [-0.2, 0) is 17.9 Å². The van der Waals surface area contributed by atoms with Crippen molar-refractivity contribution in [3.8, 4) is 0 Å². The van der Waals surface area contributed by atoms with Gasteiger partial charge in [0.2, 0.25) is 5.91 Å². The minimum absolute atomic E-state index is 0.202. The van der Waals surface area contributed by atoms with Crippen molar-refractivity contribution < 1.29 is 9.21 Å². The lowest BCUT2D eigenvalue weighted by Gasteiger charge is -2.29. The smallest absolute Gasteiger partial charge is 0.236 e. The van der Waals surface area contributed by atoms with Crippen molar-refractivity contribution in [3.63, 3.8) is 0 Å². The zero-order valence-electron chi connectivity index (χ0n) is 15.0. The predicted octanol–water partition coefficient (Wildman–Crippen LogP) is 4.38. The fourth-order valence-corrected chi connectivity index (χ4v) is 4.33.